The fraction of sp³-hybridized carbons (Fsp3) is 0.400. The molecule has 0 spiro atoms. The highest BCUT2D eigenvalue weighted by Gasteiger charge is 2.13. The molecule has 1 N–H and O–H groups in total. The van der Waals surface area contributed by atoms with Crippen molar-refractivity contribution in [2.75, 3.05) is 18.0 Å². The first-order chi connectivity index (χ1) is 10.6. The van der Waals surface area contributed by atoms with Crippen LogP contribution in [-0.2, 0) is 6.54 Å². The van der Waals surface area contributed by atoms with Crippen LogP contribution in [0.1, 0.15) is 13.3 Å². The van der Waals surface area contributed by atoms with Crippen molar-refractivity contribution in [3.8, 4) is 0 Å². The maximum atomic E-state index is 10.7. The Hall–Kier alpha value is -2.41. The predicted molar refractivity (Wildman–Crippen MR) is 83.8 cm³/mol. The topological polar surface area (TPSA) is 84.4 Å². The molecule has 118 valence electrons. The first-order valence-electron chi connectivity index (χ1n) is 7.25. The number of anilines is 1. The van der Waals surface area contributed by atoms with Crippen molar-refractivity contribution in [1.82, 2.24) is 9.78 Å². The van der Waals surface area contributed by atoms with Gasteiger partial charge in [0.25, 0.3) is 0 Å². The average molecular weight is 304 g/mol. The van der Waals surface area contributed by atoms with E-state index in [-0.39, 0.29) is 5.69 Å². The minimum atomic E-state index is -0.459. The summed E-state index contributed by atoms with van der Waals surface area (Å²) in [5, 5.41) is 24.6. The third-order valence-electron chi connectivity index (χ3n) is 3.45. The third-order valence-corrected chi connectivity index (χ3v) is 3.45. The van der Waals surface area contributed by atoms with Crippen molar-refractivity contribution in [3.05, 3.63) is 52.8 Å². The molecule has 2 rings (SSSR count). The molecule has 0 radical (unpaired) electrons. The molecule has 0 aliphatic heterocycles. The monoisotopic (exact) mass is 304 g/mol. The van der Waals surface area contributed by atoms with Crippen molar-refractivity contribution in [2.45, 2.75) is 26.0 Å². The smallest absolute Gasteiger partial charge is 0.306 e. The Morgan fingerprint density at radius 1 is 1.41 bits per heavy atom. The lowest BCUT2D eigenvalue weighted by molar-refractivity contribution is -0.385. The Kier molecular flexibility index (Phi) is 5.48. The van der Waals surface area contributed by atoms with Crippen molar-refractivity contribution in [2.24, 2.45) is 0 Å². The van der Waals surface area contributed by atoms with E-state index in [4.69, 9.17) is 0 Å². The molecule has 0 amide bonds. The summed E-state index contributed by atoms with van der Waals surface area (Å²) in [6, 6.07) is 9.79. The standard InChI is InChI=1S/C15H20N4O3/c1-2-15(20)12-17(13-6-4-3-5-7-13)8-9-18-11-14(10-16-18)19(21)22/h3-7,10-11,15,20H,2,8-9,12H2,1H3. The summed E-state index contributed by atoms with van der Waals surface area (Å²) in [5.41, 5.74) is 0.997. The summed E-state index contributed by atoms with van der Waals surface area (Å²) in [5.74, 6) is 0. The molecule has 0 saturated carbocycles. The maximum absolute atomic E-state index is 10.7. The molecule has 1 heterocycles. The van der Waals surface area contributed by atoms with Crippen molar-refractivity contribution >= 4 is 11.4 Å². The van der Waals surface area contributed by atoms with Crippen LogP contribution < -0.4 is 4.90 Å². The average Bonchev–Trinajstić information content (AvgIpc) is 3.01. The van der Waals surface area contributed by atoms with Gasteiger partial charge in [-0.05, 0) is 18.6 Å². The van der Waals surface area contributed by atoms with E-state index < -0.39 is 11.0 Å². The first-order valence-corrected chi connectivity index (χ1v) is 7.25. The molecule has 0 aliphatic rings. The Bertz CT molecular complexity index is 600. The van der Waals surface area contributed by atoms with Gasteiger partial charge in [0, 0.05) is 18.8 Å². The van der Waals surface area contributed by atoms with Gasteiger partial charge in [0.15, 0.2) is 0 Å². The van der Waals surface area contributed by atoms with E-state index >= 15 is 0 Å². The Labute approximate surface area is 128 Å². The molecule has 0 saturated heterocycles. The highest BCUT2D eigenvalue weighted by molar-refractivity contribution is 5.46. The molecule has 0 fully saturated rings. The molecule has 0 bridgehead atoms. The lowest BCUT2D eigenvalue weighted by Gasteiger charge is -2.27. The van der Waals surface area contributed by atoms with Crippen molar-refractivity contribution in [1.29, 1.82) is 0 Å². The number of hydrogen-bond donors (Lipinski definition) is 1. The lowest BCUT2D eigenvalue weighted by atomic mass is 10.2. The molecule has 0 aliphatic carbocycles. The second-order valence-corrected chi connectivity index (χ2v) is 5.06. The zero-order chi connectivity index (χ0) is 15.9. The number of rotatable bonds is 8. The second kappa shape index (κ2) is 7.56. The molecule has 7 nitrogen and oxygen atoms in total. The van der Waals surface area contributed by atoms with Crippen LogP contribution in [0.15, 0.2) is 42.7 Å². The summed E-state index contributed by atoms with van der Waals surface area (Å²) in [4.78, 5) is 12.3. The van der Waals surface area contributed by atoms with Crippen LogP contribution in [0.3, 0.4) is 0 Å². The highest BCUT2D eigenvalue weighted by Crippen LogP contribution is 2.15. The Morgan fingerprint density at radius 3 is 2.73 bits per heavy atom. The van der Waals surface area contributed by atoms with Crippen molar-refractivity contribution in [3.63, 3.8) is 0 Å². The molecule has 22 heavy (non-hydrogen) atoms. The number of aliphatic hydroxyl groups is 1. The van der Waals surface area contributed by atoms with E-state index in [1.807, 2.05) is 37.3 Å². The minimum absolute atomic E-state index is 0.0140. The predicted octanol–water partition coefficient (Wildman–Crippen LogP) is 2.07. The van der Waals surface area contributed by atoms with Crippen molar-refractivity contribution < 1.29 is 10.0 Å². The maximum Gasteiger partial charge on any atom is 0.306 e. The summed E-state index contributed by atoms with van der Waals surface area (Å²) in [7, 11) is 0. The highest BCUT2D eigenvalue weighted by atomic mass is 16.6. The van der Waals surface area contributed by atoms with Gasteiger partial charge in [0.05, 0.1) is 17.6 Å². The molecular formula is C15H20N4O3. The fourth-order valence-electron chi connectivity index (χ4n) is 2.14. The molecule has 2 aromatic rings. The second-order valence-electron chi connectivity index (χ2n) is 5.06. The van der Waals surface area contributed by atoms with E-state index in [1.54, 1.807) is 4.68 Å². The Balaban J connectivity index is 2.04. The molecule has 1 unspecified atom stereocenters. The first kappa shape index (κ1) is 16.0. The van der Waals surface area contributed by atoms with Crippen LogP contribution in [0, 0.1) is 10.1 Å². The summed E-state index contributed by atoms with van der Waals surface area (Å²) in [6.07, 6.45) is 2.93. The molecule has 1 aromatic heterocycles. The quantitative estimate of drug-likeness (QED) is 0.596. The van der Waals surface area contributed by atoms with E-state index in [0.717, 1.165) is 5.69 Å². The van der Waals surface area contributed by atoms with Crippen LogP contribution in [-0.4, -0.2) is 39.0 Å². The lowest BCUT2D eigenvalue weighted by Crippen LogP contribution is -2.34. The van der Waals surface area contributed by atoms with Gasteiger partial charge in [-0.15, -0.1) is 0 Å². The van der Waals surface area contributed by atoms with Gasteiger partial charge in [-0.3, -0.25) is 14.8 Å². The fourth-order valence-corrected chi connectivity index (χ4v) is 2.14. The van der Waals surface area contributed by atoms with Gasteiger partial charge in [0.1, 0.15) is 12.4 Å². The van der Waals surface area contributed by atoms with E-state index in [0.29, 0.717) is 26.1 Å². The number of nitrogens with zero attached hydrogens (tertiary/aromatic N) is 4. The zero-order valence-electron chi connectivity index (χ0n) is 12.5. The SMILES string of the molecule is CCC(O)CN(CCn1cc([N+](=O)[O-])cn1)c1ccccc1. The largest absolute Gasteiger partial charge is 0.391 e. The number of benzene rings is 1. The van der Waals surface area contributed by atoms with Crippen LogP contribution in [0.5, 0.6) is 0 Å². The van der Waals surface area contributed by atoms with Crippen LogP contribution >= 0.6 is 0 Å². The number of hydrogen-bond acceptors (Lipinski definition) is 5. The molecule has 7 heteroatoms. The van der Waals surface area contributed by atoms with Gasteiger partial charge >= 0.3 is 5.69 Å². The number of para-hydroxylation sites is 1. The summed E-state index contributed by atoms with van der Waals surface area (Å²) in [6.45, 7) is 3.58. The van der Waals surface area contributed by atoms with Gasteiger partial charge in [-0.2, -0.15) is 5.10 Å². The van der Waals surface area contributed by atoms with Crippen LogP contribution in [0.25, 0.3) is 0 Å². The van der Waals surface area contributed by atoms with Gasteiger partial charge < -0.3 is 10.0 Å². The van der Waals surface area contributed by atoms with Crippen LogP contribution in [0.2, 0.25) is 0 Å². The van der Waals surface area contributed by atoms with E-state index in [9.17, 15) is 15.2 Å². The number of aliphatic hydroxyl groups excluding tert-OH is 1. The van der Waals surface area contributed by atoms with Gasteiger partial charge in [-0.1, -0.05) is 25.1 Å². The van der Waals surface area contributed by atoms with E-state index in [2.05, 4.69) is 10.00 Å². The van der Waals surface area contributed by atoms with Gasteiger partial charge in [0.2, 0.25) is 0 Å². The van der Waals surface area contributed by atoms with Crippen LogP contribution in [0.4, 0.5) is 11.4 Å². The van der Waals surface area contributed by atoms with E-state index in [1.165, 1.54) is 12.4 Å². The zero-order valence-corrected chi connectivity index (χ0v) is 12.5. The normalized spacial score (nSPS) is 12.1. The number of nitro groups is 1. The van der Waals surface area contributed by atoms with Gasteiger partial charge in [-0.25, -0.2) is 0 Å². The third kappa shape index (κ3) is 4.29. The molecular weight excluding hydrogens is 284 g/mol. The molecule has 1 atom stereocenters. The number of aromatic nitrogens is 2. The summed E-state index contributed by atoms with van der Waals surface area (Å²) >= 11 is 0. The summed E-state index contributed by atoms with van der Waals surface area (Å²) < 4.78 is 1.55. The minimum Gasteiger partial charge on any atom is -0.391 e. The Morgan fingerprint density at radius 2 is 2.14 bits per heavy atom. The molecule has 1 aromatic carbocycles.